The third kappa shape index (κ3) is 2.89. The number of hydrogen-bond acceptors (Lipinski definition) is 4. The van der Waals surface area contributed by atoms with Crippen molar-refractivity contribution in [1.29, 1.82) is 0 Å². The molecule has 0 saturated carbocycles. The van der Waals surface area contributed by atoms with Crippen LogP contribution in [-0.2, 0) is 6.18 Å². The van der Waals surface area contributed by atoms with Gasteiger partial charge in [-0.05, 0) is 24.3 Å². The summed E-state index contributed by atoms with van der Waals surface area (Å²) in [6, 6.07) is 3.56. The molecule has 0 spiro atoms. The predicted octanol–water partition coefficient (Wildman–Crippen LogP) is 1.19. The normalized spacial score (nSPS) is 11.6. The number of nitrogens with two attached hydrogens (primary N) is 1. The first kappa shape index (κ1) is 16.4. The van der Waals surface area contributed by atoms with Gasteiger partial charge in [0.05, 0.1) is 33.9 Å². The lowest BCUT2D eigenvalue weighted by molar-refractivity contribution is -0.137. The number of fused-ring (bicyclic) bond motifs is 1. The van der Waals surface area contributed by atoms with E-state index in [4.69, 9.17) is 5.73 Å². The summed E-state index contributed by atoms with van der Waals surface area (Å²) in [7, 11) is 0. The van der Waals surface area contributed by atoms with Gasteiger partial charge in [-0.3, -0.25) is 14.6 Å². The highest BCUT2D eigenvalue weighted by atomic mass is 19.4. The molecule has 128 valence electrons. The average molecular weight is 350 g/mol. The maximum atomic E-state index is 12.8. The zero-order valence-electron chi connectivity index (χ0n) is 12.3. The maximum absolute atomic E-state index is 12.8. The molecule has 0 aliphatic rings. The average Bonchev–Trinajstić information content (AvgIpc) is 2.54. The largest absolute Gasteiger partial charge is 0.416 e. The first-order chi connectivity index (χ1) is 11.7. The molecule has 3 rings (SSSR count). The summed E-state index contributed by atoms with van der Waals surface area (Å²) in [4.78, 5) is 41.9. The standard InChI is InChI=1S/C15H9F3N4O3/c16-15(17,18)8-1-2-11-10(4-8)13(24)22(14(25)21-11)9-3-7(12(19)23)5-20-6-9/h1-6H,(H2,19,23)(H,21,25). The van der Waals surface area contributed by atoms with Crippen LogP contribution in [0.5, 0.6) is 0 Å². The quantitative estimate of drug-likeness (QED) is 0.723. The molecule has 10 heteroatoms. The summed E-state index contributed by atoms with van der Waals surface area (Å²) in [5, 5.41) is -0.334. The Labute approximate surface area is 136 Å². The molecule has 3 N–H and O–H groups in total. The fraction of sp³-hybridized carbons (Fsp3) is 0.0667. The van der Waals surface area contributed by atoms with E-state index in [2.05, 4.69) is 9.97 Å². The number of nitrogens with zero attached hydrogens (tertiary/aromatic N) is 2. The van der Waals surface area contributed by atoms with Crippen LogP contribution in [0.25, 0.3) is 16.6 Å². The minimum Gasteiger partial charge on any atom is -0.366 e. The van der Waals surface area contributed by atoms with Crippen molar-refractivity contribution in [1.82, 2.24) is 14.5 Å². The number of benzene rings is 1. The van der Waals surface area contributed by atoms with Crippen molar-refractivity contribution in [3.63, 3.8) is 0 Å². The van der Waals surface area contributed by atoms with Crippen LogP contribution in [0.2, 0.25) is 0 Å². The van der Waals surface area contributed by atoms with E-state index < -0.39 is 28.9 Å². The third-order valence-corrected chi connectivity index (χ3v) is 3.49. The van der Waals surface area contributed by atoms with Crippen molar-refractivity contribution in [3.8, 4) is 5.69 Å². The van der Waals surface area contributed by atoms with E-state index >= 15 is 0 Å². The molecule has 0 fully saturated rings. The zero-order valence-corrected chi connectivity index (χ0v) is 12.3. The van der Waals surface area contributed by atoms with Crippen LogP contribution in [0.4, 0.5) is 13.2 Å². The second-order valence-electron chi connectivity index (χ2n) is 5.12. The number of hydrogen-bond donors (Lipinski definition) is 2. The molecular weight excluding hydrogens is 341 g/mol. The summed E-state index contributed by atoms with van der Waals surface area (Å²) in [6.45, 7) is 0. The number of amides is 1. The molecular formula is C15H9F3N4O3. The van der Waals surface area contributed by atoms with Crippen LogP contribution in [0.15, 0.2) is 46.2 Å². The fourth-order valence-corrected chi connectivity index (χ4v) is 2.31. The number of primary amides is 1. The monoisotopic (exact) mass is 350 g/mol. The number of H-pyrrole nitrogens is 1. The van der Waals surface area contributed by atoms with Gasteiger partial charge < -0.3 is 10.7 Å². The molecule has 2 aromatic heterocycles. The Bertz CT molecular complexity index is 1120. The van der Waals surface area contributed by atoms with Gasteiger partial charge >= 0.3 is 11.9 Å². The Kier molecular flexibility index (Phi) is 3.67. The van der Waals surface area contributed by atoms with Crippen LogP contribution in [0.3, 0.4) is 0 Å². The second-order valence-corrected chi connectivity index (χ2v) is 5.12. The number of carbonyl (C=O) groups excluding carboxylic acids is 1. The van der Waals surface area contributed by atoms with E-state index in [1.165, 1.54) is 0 Å². The Morgan fingerprint density at radius 3 is 2.52 bits per heavy atom. The maximum Gasteiger partial charge on any atom is 0.416 e. The summed E-state index contributed by atoms with van der Waals surface area (Å²) in [5.41, 5.74) is 2.02. The number of halogens is 3. The van der Waals surface area contributed by atoms with Gasteiger partial charge in [-0.1, -0.05) is 0 Å². The van der Waals surface area contributed by atoms with E-state index in [1.54, 1.807) is 0 Å². The van der Waals surface area contributed by atoms with E-state index in [9.17, 15) is 27.6 Å². The summed E-state index contributed by atoms with van der Waals surface area (Å²) >= 11 is 0. The van der Waals surface area contributed by atoms with E-state index in [0.29, 0.717) is 10.6 Å². The van der Waals surface area contributed by atoms with Crippen molar-refractivity contribution in [2.75, 3.05) is 0 Å². The number of carbonyl (C=O) groups is 1. The number of nitrogens with one attached hydrogen (secondary N) is 1. The second kappa shape index (κ2) is 5.58. The van der Waals surface area contributed by atoms with Crippen LogP contribution in [0, 0.1) is 0 Å². The van der Waals surface area contributed by atoms with Gasteiger partial charge in [-0.15, -0.1) is 0 Å². The van der Waals surface area contributed by atoms with Crippen LogP contribution in [-0.4, -0.2) is 20.4 Å². The molecule has 2 heterocycles. The van der Waals surface area contributed by atoms with Crippen molar-refractivity contribution in [2.24, 2.45) is 5.73 Å². The van der Waals surface area contributed by atoms with E-state index in [1.807, 2.05) is 0 Å². The highest BCUT2D eigenvalue weighted by molar-refractivity contribution is 5.93. The third-order valence-electron chi connectivity index (χ3n) is 3.49. The van der Waals surface area contributed by atoms with Crippen molar-refractivity contribution >= 4 is 16.8 Å². The van der Waals surface area contributed by atoms with Gasteiger partial charge in [0.15, 0.2) is 0 Å². The molecule has 3 aromatic rings. The zero-order chi connectivity index (χ0) is 18.4. The minimum atomic E-state index is -4.64. The highest BCUT2D eigenvalue weighted by Crippen LogP contribution is 2.30. The minimum absolute atomic E-state index is 0.0433. The molecule has 0 aliphatic heterocycles. The molecule has 1 amide bonds. The van der Waals surface area contributed by atoms with Gasteiger partial charge in [0.1, 0.15) is 0 Å². The summed E-state index contributed by atoms with van der Waals surface area (Å²) < 4.78 is 39.1. The predicted molar refractivity (Wildman–Crippen MR) is 81.5 cm³/mol. The summed E-state index contributed by atoms with van der Waals surface area (Å²) in [6.07, 6.45) is -2.40. The number of alkyl halides is 3. The Morgan fingerprint density at radius 2 is 1.88 bits per heavy atom. The summed E-state index contributed by atoms with van der Waals surface area (Å²) in [5.74, 6) is -0.834. The SMILES string of the molecule is NC(=O)c1cncc(-n2c(=O)[nH]c3ccc(C(F)(F)F)cc3c2=O)c1. The van der Waals surface area contributed by atoms with Crippen molar-refractivity contribution < 1.29 is 18.0 Å². The lowest BCUT2D eigenvalue weighted by Crippen LogP contribution is -2.34. The first-order valence-electron chi connectivity index (χ1n) is 6.80. The molecule has 7 nitrogen and oxygen atoms in total. The van der Waals surface area contributed by atoms with E-state index in [-0.39, 0.29) is 22.2 Å². The van der Waals surface area contributed by atoms with Crippen LogP contribution >= 0.6 is 0 Å². The Balaban J connectivity index is 2.33. The van der Waals surface area contributed by atoms with Crippen LogP contribution < -0.4 is 17.0 Å². The van der Waals surface area contributed by atoms with Crippen molar-refractivity contribution in [3.05, 3.63) is 68.6 Å². The Morgan fingerprint density at radius 1 is 1.16 bits per heavy atom. The lowest BCUT2D eigenvalue weighted by atomic mass is 10.1. The molecule has 25 heavy (non-hydrogen) atoms. The Hall–Kier alpha value is -3.43. The van der Waals surface area contributed by atoms with E-state index in [0.717, 1.165) is 30.6 Å². The van der Waals surface area contributed by atoms with Gasteiger partial charge in [0, 0.05) is 6.20 Å². The molecule has 0 aliphatic carbocycles. The topological polar surface area (TPSA) is 111 Å². The van der Waals surface area contributed by atoms with Gasteiger partial charge in [-0.25, -0.2) is 9.36 Å². The molecule has 1 aromatic carbocycles. The lowest BCUT2D eigenvalue weighted by Gasteiger charge is -2.10. The number of aromatic amines is 1. The molecule has 0 radical (unpaired) electrons. The van der Waals surface area contributed by atoms with Crippen molar-refractivity contribution in [2.45, 2.75) is 6.18 Å². The molecule has 0 unspecified atom stereocenters. The number of rotatable bonds is 2. The first-order valence-corrected chi connectivity index (χ1v) is 6.80. The van der Waals surface area contributed by atoms with Crippen LogP contribution in [0.1, 0.15) is 15.9 Å². The molecule has 0 bridgehead atoms. The number of pyridine rings is 1. The highest BCUT2D eigenvalue weighted by Gasteiger charge is 2.31. The van der Waals surface area contributed by atoms with Gasteiger partial charge in [0.2, 0.25) is 5.91 Å². The molecule has 0 saturated heterocycles. The molecule has 0 atom stereocenters. The fourth-order valence-electron chi connectivity index (χ4n) is 2.31. The smallest absolute Gasteiger partial charge is 0.366 e. The van der Waals surface area contributed by atoms with Gasteiger partial charge in [-0.2, -0.15) is 13.2 Å². The number of aromatic nitrogens is 3. The van der Waals surface area contributed by atoms with Gasteiger partial charge in [0.25, 0.3) is 5.56 Å².